The zero-order chi connectivity index (χ0) is 22.0. The van der Waals surface area contributed by atoms with Crippen molar-refractivity contribution in [1.82, 2.24) is 4.98 Å². The molecule has 7 heteroatoms. The van der Waals surface area contributed by atoms with E-state index in [1.54, 1.807) is 18.2 Å². The van der Waals surface area contributed by atoms with Gasteiger partial charge in [0.1, 0.15) is 11.4 Å². The van der Waals surface area contributed by atoms with Crippen molar-refractivity contribution in [3.8, 4) is 5.75 Å². The van der Waals surface area contributed by atoms with Crippen LogP contribution in [0, 0.1) is 0 Å². The molecule has 0 aliphatic rings. The molecule has 4 nitrogen and oxygen atoms in total. The summed E-state index contributed by atoms with van der Waals surface area (Å²) >= 11 is 0. The highest BCUT2D eigenvalue weighted by Crippen LogP contribution is 2.29. The third-order valence-corrected chi connectivity index (χ3v) is 4.49. The van der Waals surface area contributed by atoms with Crippen LogP contribution in [0.15, 0.2) is 54.1 Å². The summed E-state index contributed by atoms with van der Waals surface area (Å²) in [4.78, 5) is 14.4. The summed E-state index contributed by atoms with van der Waals surface area (Å²) in [6.45, 7) is 2.41. The van der Waals surface area contributed by atoms with E-state index in [1.165, 1.54) is 12.1 Å². The molecule has 0 saturated heterocycles. The van der Waals surface area contributed by atoms with Crippen LogP contribution in [0.5, 0.6) is 5.75 Å². The fourth-order valence-electron chi connectivity index (χ4n) is 2.98. The van der Waals surface area contributed by atoms with E-state index in [-0.39, 0.29) is 0 Å². The topological polar surface area (TPSA) is 65.2 Å². The number of primary amides is 1. The van der Waals surface area contributed by atoms with Crippen molar-refractivity contribution in [3.05, 3.63) is 59.8 Å². The Labute approximate surface area is 174 Å². The molecule has 2 rings (SSSR count). The lowest BCUT2D eigenvalue weighted by molar-refractivity contribution is -0.141. The number of alkyl halides is 3. The molecule has 0 saturated carbocycles. The molecule has 0 aliphatic carbocycles. The normalized spacial score (nSPS) is 12.6. The van der Waals surface area contributed by atoms with Crippen LogP contribution in [0.4, 0.5) is 13.2 Å². The van der Waals surface area contributed by atoms with Crippen molar-refractivity contribution in [2.45, 2.75) is 51.6 Å². The van der Waals surface area contributed by atoms with E-state index in [1.807, 2.05) is 19.1 Å². The molecule has 2 aromatic rings. The lowest BCUT2D eigenvalue weighted by atomic mass is 10.1. The highest BCUT2D eigenvalue weighted by Gasteiger charge is 2.32. The SMILES string of the molecule is CC(C=CCCCCCCCOc1ccc2nc(C(F)(F)F)ccc2c1)=CC(N)=O. The Bertz CT molecular complexity index is 905. The molecular formula is C23H27F3N2O2. The minimum Gasteiger partial charge on any atom is -0.494 e. The zero-order valence-electron chi connectivity index (χ0n) is 17.0. The number of carbonyl (C=O) groups is 1. The van der Waals surface area contributed by atoms with Crippen molar-refractivity contribution >= 4 is 16.8 Å². The van der Waals surface area contributed by atoms with Crippen LogP contribution in [0.3, 0.4) is 0 Å². The zero-order valence-corrected chi connectivity index (χ0v) is 17.0. The summed E-state index contributed by atoms with van der Waals surface area (Å²) in [7, 11) is 0. The number of allylic oxidation sites excluding steroid dienone is 3. The molecule has 1 aromatic carbocycles. The van der Waals surface area contributed by atoms with E-state index in [2.05, 4.69) is 4.98 Å². The summed E-state index contributed by atoms with van der Waals surface area (Å²) < 4.78 is 43.9. The van der Waals surface area contributed by atoms with E-state index in [4.69, 9.17) is 10.5 Å². The molecule has 0 radical (unpaired) electrons. The van der Waals surface area contributed by atoms with Gasteiger partial charge in [0.15, 0.2) is 0 Å². The second kappa shape index (κ2) is 11.4. The van der Waals surface area contributed by atoms with Gasteiger partial charge in [0.2, 0.25) is 5.91 Å². The molecule has 0 atom stereocenters. The first kappa shape index (κ1) is 23.4. The highest BCUT2D eigenvalue weighted by atomic mass is 19.4. The number of pyridine rings is 1. The number of unbranched alkanes of at least 4 members (excludes halogenated alkanes) is 5. The van der Waals surface area contributed by atoms with Gasteiger partial charge in [-0.2, -0.15) is 13.2 Å². The largest absolute Gasteiger partial charge is 0.494 e. The molecule has 0 unspecified atom stereocenters. The first-order chi connectivity index (χ1) is 14.3. The maximum absolute atomic E-state index is 12.7. The summed E-state index contributed by atoms with van der Waals surface area (Å²) in [5, 5.41) is 0.620. The van der Waals surface area contributed by atoms with E-state index in [0.29, 0.717) is 23.3 Å². The lowest BCUT2D eigenvalue weighted by Crippen LogP contribution is -2.07. The van der Waals surface area contributed by atoms with Crippen LogP contribution in [0.25, 0.3) is 10.9 Å². The first-order valence-corrected chi connectivity index (χ1v) is 10.0. The third-order valence-electron chi connectivity index (χ3n) is 4.49. The Hall–Kier alpha value is -2.83. The number of hydrogen-bond donors (Lipinski definition) is 1. The number of halogens is 3. The van der Waals surface area contributed by atoms with Crippen molar-refractivity contribution in [2.24, 2.45) is 5.73 Å². The van der Waals surface area contributed by atoms with Gasteiger partial charge < -0.3 is 10.5 Å². The van der Waals surface area contributed by atoms with Gasteiger partial charge in [0.05, 0.1) is 12.1 Å². The predicted octanol–water partition coefficient (Wildman–Crippen LogP) is 5.96. The molecule has 0 spiro atoms. The molecule has 0 aliphatic heterocycles. The number of amides is 1. The average molecular weight is 420 g/mol. The molecule has 1 aromatic heterocycles. The number of nitrogens with two attached hydrogens (primary N) is 1. The monoisotopic (exact) mass is 420 g/mol. The van der Waals surface area contributed by atoms with Crippen molar-refractivity contribution < 1.29 is 22.7 Å². The second-order valence-corrected chi connectivity index (χ2v) is 7.15. The number of benzene rings is 1. The molecule has 0 fully saturated rings. The van der Waals surface area contributed by atoms with Gasteiger partial charge in [0, 0.05) is 11.5 Å². The van der Waals surface area contributed by atoms with Gasteiger partial charge in [-0.25, -0.2) is 4.98 Å². The van der Waals surface area contributed by atoms with E-state index in [9.17, 15) is 18.0 Å². The fraction of sp³-hybridized carbons (Fsp3) is 0.391. The minimum absolute atomic E-state index is 0.298. The molecular weight excluding hydrogens is 393 g/mol. The standard InChI is InChI=1S/C23H27F3N2O2/c1-17(15-22(27)29)9-7-5-3-2-4-6-8-14-30-19-11-12-20-18(16-19)10-13-21(28-20)23(24,25)26/h7,9-13,15-16H,2-6,8,14H2,1H3,(H2,27,29). The predicted molar refractivity (Wildman–Crippen MR) is 112 cm³/mol. The highest BCUT2D eigenvalue weighted by molar-refractivity contribution is 5.86. The van der Waals surface area contributed by atoms with E-state index >= 15 is 0 Å². The Morgan fingerprint density at radius 2 is 1.83 bits per heavy atom. The average Bonchev–Trinajstić information content (AvgIpc) is 2.67. The van der Waals surface area contributed by atoms with Gasteiger partial charge in [-0.1, -0.05) is 37.5 Å². The van der Waals surface area contributed by atoms with Gasteiger partial charge in [0.25, 0.3) is 0 Å². The first-order valence-electron chi connectivity index (χ1n) is 10.0. The van der Waals surface area contributed by atoms with Crippen LogP contribution in [0.2, 0.25) is 0 Å². The third kappa shape index (κ3) is 8.27. The summed E-state index contributed by atoms with van der Waals surface area (Å²) in [5.41, 5.74) is 5.34. The second-order valence-electron chi connectivity index (χ2n) is 7.15. The number of nitrogens with zero attached hydrogens (tertiary/aromatic N) is 1. The number of fused-ring (bicyclic) bond motifs is 1. The molecule has 0 bridgehead atoms. The Balaban J connectivity index is 1.63. The summed E-state index contributed by atoms with van der Waals surface area (Å²) in [5.74, 6) is 0.198. The van der Waals surface area contributed by atoms with Gasteiger partial charge >= 0.3 is 6.18 Å². The van der Waals surface area contributed by atoms with Crippen molar-refractivity contribution in [3.63, 3.8) is 0 Å². The Morgan fingerprint density at radius 1 is 1.10 bits per heavy atom. The molecule has 1 heterocycles. The number of rotatable bonds is 11. The van der Waals surface area contributed by atoms with Crippen molar-refractivity contribution in [1.29, 1.82) is 0 Å². The fourth-order valence-corrected chi connectivity index (χ4v) is 2.98. The number of carbonyl (C=O) groups excluding carboxylic acids is 1. The minimum atomic E-state index is -4.44. The van der Waals surface area contributed by atoms with E-state index < -0.39 is 17.8 Å². The van der Waals surface area contributed by atoms with Crippen LogP contribution in [-0.4, -0.2) is 17.5 Å². The molecule has 2 N–H and O–H groups in total. The van der Waals surface area contributed by atoms with Crippen molar-refractivity contribution in [2.75, 3.05) is 6.61 Å². The number of aromatic nitrogens is 1. The summed E-state index contributed by atoms with van der Waals surface area (Å²) in [6.07, 6.45) is 7.14. The number of hydrogen-bond acceptors (Lipinski definition) is 3. The van der Waals surface area contributed by atoms with Gasteiger partial charge in [-0.05, 0) is 56.0 Å². The molecule has 162 valence electrons. The molecule has 30 heavy (non-hydrogen) atoms. The maximum atomic E-state index is 12.7. The van der Waals surface area contributed by atoms with Crippen LogP contribution in [-0.2, 0) is 11.0 Å². The molecule has 1 amide bonds. The van der Waals surface area contributed by atoms with Gasteiger partial charge in [-0.15, -0.1) is 0 Å². The van der Waals surface area contributed by atoms with Crippen LogP contribution >= 0.6 is 0 Å². The summed E-state index contributed by atoms with van der Waals surface area (Å²) in [6, 6.07) is 7.31. The van der Waals surface area contributed by atoms with Gasteiger partial charge in [-0.3, -0.25) is 4.79 Å². The number of ether oxygens (including phenoxy) is 1. The van der Waals surface area contributed by atoms with Crippen LogP contribution < -0.4 is 10.5 Å². The lowest BCUT2D eigenvalue weighted by Gasteiger charge is -2.09. The Kier molecular flexibility index (Phi) is 8.89. The van der Waals surface area contributed by atoms with E-state index in [0.717, 1.165) is 50.2 Å². The smallest absolute Gasteiger partial charge is 0.433 e. The van der Waals surface area contributed by atoms with Crippen LogP contribution in [0.1, 0.15) is 51.1 Å². The quantitative estimate of drug-likeness (QED) is 0.277. The Morgan fingerprint density at radius 3 is 2.57 bits per heavy atom. The maximum Gasteiger partial charge on any atom is 0.433 e.